The number of phenolic OH excluding ortho intramolecular Hbond substituents is 1. The van der Waals surface area contributed by atoms with Gasteiger partial charge in [-0.3, -0.25) is 4.79 Å². The first-order chi connectivity index (χ1) is 17.9. The first-order valence-corrected chi connectivity index (χ1v) is 11.6. The van der Waals surface area contributed by atoms with Crippen molar-refractivity contribution in [3.8, 4) is 33.8 Å². The van der Waals surface area contributed by atoms with Gasteiger partial charge >= 0.3 is 5.97 Å². The van der Waals surface area contributed by atoms with E-state index < -0.39 is 23.7 Å². The number of halogens is 1. The molecule has 0 spiro atoms. The molecule has 0 bridgehead atoms. The molecule has 0 saturated carbocycles. The fraction of sp³-hybridized carbons (Fsp3) is 0.133. The lowest BCUT2D eigenvalue weighted by atomic mass is 9.99. The average Bonchev–Trinajstić information content (AvgIpc) is 2.93. The Morgan fingerprint density at radius 1 is 0.865 bits per heavy atom. The first kappa shape index (κ1) is 25.4. The van der Waals surface area contributed by atoms with Gasteiger partial charge in [0.15, 0.2) is 0 Å². The Morgan fingerprint density at radius 3 is 2.22 bits per heavy atom. The number of aromatic hydroxyl groups is 1. The van der Waals surface area contributed by atoms with E-state index in [1.54, 1.807) is 6.07 Å². The SMILES string of the molecule is COC(=O)[C@H](Cc1ccc(-c2ccccc2)cc1)NC(=O)c1cc(-c2cc(F)ccc2OC)ccc1O. The maximum absolute atomic E-state index is 13.9. The van der Waals surface area contributed by atoms with Crippen LogP contribution in [0.15, 0.2) is 91.0 Å². The summed E-state index contributed by atoms with van der Waals surface area (Å²) >= 11 is 0. The number of amides is 1. The Hall–Kier alpha value is -4.65. The summed E-state index contributed by atoms with van der Waals surface area (Å²) in [5, 5.41) is 13.0. The number of carbonyl (C=O) groups is 2. The number of ether oxygens (including phenoxy) is 2. The van der Waals surface area contributed by atoms with Gasteiger partial charge in [0.1, 0.15) is 23.4 Å². The van der Waals surface area contributed by atoms with Crippen LogP contribution < -0.4 is 10.1 Å². The molecule has 6 nitrogen and oxygen atoms in total. The zero-order chi connectivity index (χ0) is 26.4. The maximum atomic E-state index is 13.9. The number of carbonyl (C=O) groups excluding carboxylic acids is 2. The second-order valence-corrected chi connectivity index (χ2v) is 8.39. The van der Waals surface area contributed by atoms with Crippen LogP contribution in [0.25, 0.3) is 22.3 Å². The molecule has 4 aromatic rings. The van der Waals surface area contributed by atoms with Crippen molar-refractivity contribution in [2.75, 3.05) is 14.2 Å². The molecule has 7 heteroatoms. The number of hydrogen-bond acceptors (Lipinski definition) is 5. The van der Waals surface area contributed by atoms with Gasteiger partial charge in [-0.25, -0.2) is 9.18 Å². The van der Waals surface area contributed by atoms with E-state index in [1.165, 1.54) is 44.6 Å². The Kier molecular flexibility index (Phi) is 7.83. The molecule has 1 atom stereocenters. The van der Waals surface area contributed by atoms with Gasteiger partial charge < -0.3 is 19.9 Å². The molecule has 0 heterocycles. The molecule has 0 aliphatic carbocycles. The minimum Gasteiger partial charge on any atom is -0.507 e. The van der Waals surface area contributed by atoms with Gasteiger partial charge in [-0.1, -0.05) is 60.7 Å². The number of rotatable bonds is 8. The van der Waals surface area contributed by atoms with E-state index in [9.17, 15) is 19.1 Å². The summed E-state index contributed by atoms with van der Waals surface area (Å²) in [7, 11) is 2.70. The monoisotopic (exact) mass is 499 g/mol. The lowest BCUT2D eigenvalue weighted by Crippen LogP contribution is -2.43. The second-order valence-electron chi connectivity index (χ2n) is 8.39. The molecule has 0 aliphatic heterocycles. The molecule has 0 radical (unpaired) electrons. The standard InChI is InChI=1S/C30H26FNO5/c1-36-28-15-13-23(31)18-24(28)22-12-14-27(33)25(17-22)29(34)32-26(30(35)37-2)16-19-8-10-21(11-9-19)20-6-4-3-5-7-20/h3-15,17-18,26,33H,16H2,1-2H3,(H,32,34)/t26-/m0/s1. The van der Waals surface area contributed by atoms with Crippen molar-refractivity contribution in [1.29, 1.82) is 0 Å². The molecule has 1 amide bonds. The van der Waals surface area contributed by atoms with E-state index in [4.69, 9.17) is 9.47 Å². The highest BCUT2D eigenvalue weighted by atomic mass is 19.1. The predicted octanol–water partition coefficient (Wildman–Crippen LogP) is 5.39. The Morgan fingerprint density at radius 2 is 1.54 bits per heavy atom. The molecule has 0 fully saturated rings. The summed E-state index contributed by atoms with van der Waals surface area (Å²) < 4.78 is 24.1. The maximum Gasteiger partial charge on any atom is 0.328 e. The molecular formula is C30H26FNO5. The van der Waals surface area contributed by atoms with Crippen molar-refractivity contribution in [2.45, 2.75) is 12.5 Å². The lowest BCUT2D eigenvalue weighted by molar-refractivity contribution is -0.142. The number of nitrogens with one attached hydrogen (secondary N) is 1. The summed E-state index contributed by atoms with van der Waals surface area (Å²) in [6.45, 7) is 0. The van der Waals surface area contributed by atoms with Gasteiger partial charge in [-0.2, -0.15) is 0 Å². The van der Waals surface area contributed by atoms with Crippen LogP contribution in [0.5, 0.6) is 11.5 Å². The molecule has 0 aromatic heterocycles. The number of hydrogen-bond donors (Lipinski definition) is 2. The summed E-state index contributed by atoms with van der Waals surface area (Å²) in [6.07, 6.45) is 0.186. The summed E-state index contributed by atoms with van der Waals surface area (Å²) in [5.41, 5.74) is 3.72. The van der Waals surface area contributed by atoms with Crippen molar-refractivity contribution in [1.82, 2.24) is 5.32 Å². The van der Waals surface area contributed by atoms with Crippen LogP contribution in [0.4, 0.5) is 4.39 Å². The zero-order valence-corrected chi connectivity index (χ0v) is 20.4. The van der Waals surface area contributed by atoms with Crippen LogP contribution in [0.1, 0.15) is 15.9 Å². The molecule has 2 N–H and O–H groups in total. The van der Waals surface area contributed by atoms with Gasteiger partial charge in [0.2, 0.25) is 0 Å². The van der Waals surface area contributed by atoms with Gasteiger partial charge in [0, 0.05) is 12.0 Å². The third-order valence-electron chi connectivity index (χ3n) is 6.01. The predicted molar refractivity (Wildman–Crippen MR) is 139 cm³/mol. The number of phenols is 1. The molecule has 4 rings (SSSR count). The van der Waals surface area contributed by atoms with Crippen LogP contribution in [0, 0.1) is 5.82 Å². The third kappa shape index (κ3) is 5.95. The van der Waals surface area contributed by atoms with Crippen LogP contribution in [0.2, 0.25) is 0 Å². The van der Waals surface area contributed by atoms with Gasteiger partial charge in [-0.15, -0.1) is 0 Å². The molecule has 0 unspecified atom stereocenters. The molecular weight excluding hydrogens is 473 g/mol. The summed E-state index contributed by atoms with van der Waals surface area (Å²) in [5.74, 6) is -1.65. The van der Waals surface area contributed by atoms with E-state index in [-0.39, 0.29) is 17.7 Å². The minimum atomic E-state index is -0.994. The molecule has 4 aromatic carbocycles. The molecule has 37 heavy (non-hydrogen) atoms. The fourth-order valence-corrected chi connectivity index (χ4v) is 4.06. The Bertz CT molecular complexity index is 1400. The topological polar surface area (TPSA) is 84.9 Å². The second kappa shape index (κ2) is 11.4. The van der Waals surface area contributed by atoms with Gasteiger partial charge in [0.05, 0.1) is 19.8 Å². The van der Waals surface area contributed by atoms with Crippen LogP contribution >= 0.6 is 0 Å². The van der Waals surface area contributed by atoms with Gasteiger partial charge in [-0.05, 0) is 52.6 Å². The van der Waals surface area contributed by atoms with Crippen molar-refractivity contribution >= 4 is 11.9 Å². The van der Waals surface area contributed by atoms with E-state index in [0.717, 1.165) is 16.7 Å². The molecule has 188 valence electrons. The highest BCUT2D eigenvalue weighted by molar-refractivity contribution is 6.00. The number of methoxy groups -OCH3 is 2. The summed E-state index contributed by atoms with van der Waals surface area (Å²) in [4.78, 5) is 25.7. The normalized spacial score (nSPS) is 11.4. The number of benzene rings is 4. The summed E-state index contributed by atoms with van der Waals surface area (Å²) in [6, 6.07) is 24.9. The lowest BCUT2D eigenvalue weighted by Gasteiger charge is -2.18. The van der Waals surface area contributed by atoms with Crippen molar-refractivity contribution in [2.24, 2.45) is 0 Å². The first-order valence-electron chi connectivity index (χ1n) is 11.6. The van der Waals surface area contributed by atoms with Crippen molar-refractivity contribution in [3.05, 3.63) is 108 Å². The van der Waals surface area contributed by atoms with E-state index in [0.29, 0.717) is 16.9 Å². The molecule has 0 aliphatic rings. The fourth-order valence-electron chi connectivity index (χ4n) is 4.06. The Balaban J connectivity index is 1.56. The average molecular weight is 500 g/mol. The smallest absolute Gasteiger partial charge is 0.328 e. The highest BCUT2D eigenvalue weighted by Gasteiger charge is 2.24. The van der Waals surface area contributed by atoms with Crippen LogP contribution in [0.3, 0.4) is 0 Å². The third-order valence-corrected chi connectivity index (χ3v) is 6.01. The highest BCUT2D eigenvalue weighted by Crippen LogP contribution is 2.33. The quantitative estimate of drug-likeness (QED) is 0.318. The number of esters is 1. The van der Waals surface area contributed by atoms with E-state index in [1.807, 2.05) is 54.6 Å². The zero-order valence-electron chi connectivity index (χ0n) is 20.4. The minimum absolute atomic E-state index is 0.0721. The molecule has 0 saturated heterocycles. The van der Waals surface area contributed by atoms with E-state index >= 15 is 0 Å². The Labute approximate surface area is 214 Å². The van der Waals surface area contributed by atoms with Crippen LogP contribution in [-0.2, 0) is 16.0 Å². The van der Waals surface area contributed by atoms with E-state index in [2.05, 4.69) is 5.32 Å². The van der Waals surface area contributed by atoms with Crippen LogP contribution in [-0.4, -0.2) is 37.2 Å². The van der Waals surface area contributed by atoms with Crippen molar-refractivity contribution < 1.29 is 28.6 Å². The van der Waals surface area contributed by atoms with Crippen molar-refractivity contribution in [3.63, 3.8) is 0 Å². The largest absolute Gasteiger partial charge is 0.507 e. The van der Waals surface area contributed by atoms with Gasteiger partial charge in [0.25, 0.3) is 5.91 Å².